The lowest BCUT2D eigenvalue weighted by Crippen LogP contribution is -2.22. The summed E-state index contributed by atoms with van der Waals surface area (Å²) in [5.74, 6) is 0.844. The van der Waals surface area contributed by atoms with Gasteiger partial charge in [0.05, 0.1) is 11.6 Å². The zero-order chi connectivity index (χ0) is 15.4. The van der Waals surface area contributed by atoms with Gasteiger partial charge in [-0.25, -0.2) is 0 Å². The largest absolute Gasteiger partial charge is 0.496 e. The molecule has 0 saturated carbocycles. The van der Waals surface area contributed by atoms with Crippen molar-refractivity contribution in [3.05, 3.63) is 63.1 Å². The van der Waals surface area contributed by atoms with Gasteiger partial charge in [0.2, 0.25) is 0 Å². The van der Waals surface area contributed by atoms with E-state index in [9.17, 15) is 0 Å². The molecule has 0 aliphatic rings. The first-order valence-electron chi connectivity index (χ1n) is 6.86. The van der Waals surface area contributed by atoms with E-state index in [1.807, 2.05) is 18.2 Å². The highest BCUT2D eigenvalue weighted by Crippen LogP contribution is 2.29. The van der Waals surface area contributed by atoms with E-state index >= 15 is 0 Å². The van der Waals surface area contributed by atoms with Crippen molar-refractivity contribution in [1.82, 2.24) is 5.32 Å². The summed E-state index contributed by atoms with van der Waals surface area (Å²) in [4.78, 5) is 0. The Kier molecular flexibility index (Phi) is 5.68. The standard InChI is InChI=1S/C17H19BrClNO/c1-11(13-4-7-15(19)8-5-13)20-12(2)14-6-9-17(21-3)16(18)10-14/h4-12,20H,1-3H3. The quantitative estimate of drug-likeness (QED) is 0.750. The van der Waals surface area contributed by atoms with Crippen LogP contribution in [0.25, 0.3) is 0 Å². The average molecular weight is 369 g/mol. The molecular weight excluding hydrogens is 350 g/mol. The first-order chi connectivity index (χ1) is 10.0. The SMILES string of the molecule is COc1ccc(C(C)NC(C)c2ccc(Cl)cc2)cc1Br. The Labute approximate surface area is 139 Å². The molecule has 2 aromatic rings. The third-order valence-electron chi connectivity index (χ3n) is 3.55. The van der Waals surface area contributed by atoms with Crippen LogP contribution >= 0.6 is 27.5 Å². The summed E-state index contributed by atoms with van der Waals surface area (Å²) < 4.78 is 6.23. The molecule has 2 rings (SSSR count). The molecule has 0 aliphatic heterocycles. The molecule has 0 saturated heterocycles. The summed E-state index contributed by atoms with van der Waals surface area (Å²) in [5, 5.41) is 4.35. The van der Waals surface area contributed by atoms with E-state index in [-0.39, 0.29) is 12.1 Å². The van der Waals surface area contributed by atoms with Gasteiger partial charge in [-0.2, -0.15) is 0 Å². The molecule has 2 unspecified atom stereocenters. The van der Waals surface area contributed by atoms with Crippen molar-refractivity contribution in [3.8, 4) is 5.75 Å². The van der Waals surface area contributed by atoms with E-state index in [0.717, 1.165) is 15.2 Å². The highest BCUT2D eigenvalue weighted by atomic mass is 79.9. The molecule has 0 radical (unpaired) electrons. The van der Waals surface area contributed by atoms with Gasteiger partial charge in [0, 0.05) is 17.1 Å². The van der Waals surface area contributed by atoms with Gasteiger partial charge in [0.25, 0.3) is 0 Å². The highest BCUT2D eigenvalue weighted by Gasteiger charge is 2.12. The molecule has 1 N–H and O–H groups in total. The van der Waals surface area contributed by atoms with E-state index < -0.39 is 0 Å². The zero-order valence-corrected chi connectivity index (χ0v) is 14.7. The molecule has 0 aliphatic carbocycles. The van der Waals surface area contributed by atoms with Gasteiger partial charge >= 0.3 is 0 Å². The second-order valence-electron chi connectivity index (χ2n) is 5.06. The van der Waals surface area contributed by atoms with Gasteiger partial charge in [0.15, 0.2) is 0 Å². The van der Waals surface area contributed by atoms with Crippen molar-refractivity contribution in [2.75, 3.05) is 7.11 Å². The number of methoxy groups -OCH3 is 1. The predicted octanol–water partition coefficient (Wildman–Crippen LogP) is 5.52. The number of rotatable bonds is 5. The van der Waals surface area contributed by atoms with Gasteiger partial charge < -0.3 is 10.1 Å². The van der Waals surface area contributed by atoms with Gasteiger partial charge in [-0.1, -0.05) is 29.8 Å². The monoisotopic (exact) mass is 367 g/mol. The van der Waals surface area contributed by atoms with E-state index in [1.165, 1.54) is 11.1 Å². The van der Waals surface area contributed by atoms with Crippen LogP contribution in [-0.2, 0) is 0 Å². The second kappa shape index (κ2) is 7.30. The Balaban J connectivity index is 2.08. The van der Waals surface area contributed by atoms with Crippen LogP contribution in [0, 0.1) is 0 Å². The Morgan fingerprint density at radius 2 is 1.57 bits per heavy atom. The summed E-state index contributed by atoms with van der Waals surface area (Å²) in [7, 11) is 1.67. The lowest BCUT2D eigenvalue weighted by molar-refractivity contribution is 0.411. The first kappa shape index (κ1) is 16.3. The molecule has 0 bridgehead atoms. The minimum atomic E-state index is 0.234. The van der Waals surface area contributed by atoms with Gasteiger partial charge in [-0.15, -0.1) is 0 Å². The average Bonchev–Trinajstić information content (AvgIpc) is 2.47. The molecule has 2 aromatic carbocycles. The maximum Gasteiger partial charge on any atom is 0.133 e. The highest BCUT2D eigenvalue weighted by molar-refractivity contribution is 9.10. The fraction of sp³-hybridized carbons (Fsp3) is 0.294. The van der Waals surface area contributed by atoms with Crippen LogP contribution in [0.4, 0.5) is 0 Å². The van der Waals surface area contributed by atoms with Crippen LogP contribution in [0.15, 0.2) is 46.9 Å². The van der Waals surface area contributed by atoms with Crippen LogP contribution in [0.5, 0.6) is 5.75 Å². The van der Waals surface area contributed by atoms with Crippen molar-refractivity contribution in [1.29, 1.82) is 0 Å². The number of hydrogen-bond acceptors (Lipinski definition) is 2. The predicted molar refractivity (Wildman–Crippen MR) is 92.1 cm³/mol. The van der Waals surface area contributed by atoms with Crippen LogP contribution in [-0.4, -0.2) is 7.11 Å². The smallest absolute Gasteiger partial charge is 0.133 e. The molecule has 21 heavy (non-hydrogen) atoms. The van der Waals surface area contributed by atoms with Crippen LogP contribution in [0.3, 0.4) is 0 Å². The second-order valence-corrected chi connectivity index (χ2v) is 6.35. The summed E-state index contributed by atoms with van der Waals surface area (Å²) >= 11 is 9.45. The van der Waals surface area contributed by atoms with Crippen LogP contribution in [0.1, 0.15) is 37.1 Å². The summed E-state index contributed by atoms with van der Waals surface area (Å²) in [6, 6.07) is 14.6. The molecule has 0 amide bonds. The van der Waals surface area contributed by atoms with Crippen molar-refractivity contribution in [3.63, 3.8) is 0 Å². The van der Waals surface area contributed by atoms with E-state index in [1.54, 1.807) is 7.11 Å². The number of ether oxygens (including phenoxy) is 1. The first-order valence-corrected chi connectivity index (χ1v) is 8.03. The van der Waals surface area contributed by atoms with E-state index in [2.05, 4.69) is 59.4 Å². The number of benzene rings is 2. The molecule has 4 heteroatoms. The van der Waals surface area contributed by atoms with Gasteiger partial charge in [0.1, 0.15) is 5.75 Å². The zero-order valence-electron chi connectivity index (χ0n) is 12.4. The maximum absolute atomic E-state index is 5.93. The molecule has 112 valence electrons. The number of halogens is 2. The Morgan fingerprint density at radius 1 is 1.00 bits per heavy atom. The molecule has 2 atom stereocenters. The Bertz CT molecular complexity index is 600. The summed E-state index contributed by atoms with van der Waals surface area (Å²) in [5.41, 5.74) is 2.43. The van der Waals surface area contributed by atoms with Crippen molar-refractivity contribution >= 4 is 27.5 Å². The molecule has 2 nitrogen and oxygen atoms in total. The number of nitrogens with one attached hydrogen (secondary N) is 1. The number of hydrogen-bond donors (Lipinski definition) is 1. The van der Waals surface area contributed by atoms with Crippen LogP contribution in [0.2, 0.25) is 5.02 Å². The maximum atomic E-state index is 5.93. The topological polar surface area (TPSA) is 21.3 Å². The van der Waals surface area contributed by atoms with Gasteiger partial charge in [-0.05, 0) is 65.2 Å². The fourth-order valence-corrected chi connectivity index (χ4v) is 2.96. The Morgan fingerprint density at radius 3 is 2.14 bits per heavy atom. The minimum Gasteiger partial charge on any atom is -0.496 e. The van der Waals surface area contributed by atoms with Crippen molar-refractivity contribution < 1.29 is 4.74 Å². The lowest BCUT2D eigenvalue weighted by Gasteiger charge is -2.21. The van der Waals surface area contributed by atoms with E-state index in [4.69, 9.17) is 16.3 Å². The van der Waals surface area contributed by atoms with Crippen LogP contribution < -0.4 is 10.1 Å². The molecular formula is C17H19BrClNO. The lowest BCUT2D eigenvalue weighted by atomic mass is 10.0. The Hall–Kier alpha value is -1.03. The summed E-state index contributed by atoms with van der Waals surface area (Å²) in [6.07, 6.45) is 0. The van der Waals surface area contributed by atoms with Crippen molar-refractivity contribution in [2.24, 2.45) is 0 Å². The molecule has 0 spiro atoms. The summed E-state index contributed by atoms with van der Waals surface area (Å²) in [6.45, 7) is 4.30. The van der Waals surface area contributed by atoms with Gasteiger partial charge in [-0.3, -0.25) is 0 Å². The minimum absolute atomic E-state index is 0.234. The van der Waals surface area contributed by atoms with E-state index in [0.29, 0.717) is 0 Å². The fourth-order valence-electron chi connectivity index (χ4n) is 2.27. The molecule has 0 heterocycles. The third-order valence-corrected chi connectivity index (χ3v) is 4.42. The molecule has 0 fully saturated rings. The third kappa shape index (κ3) is 4.22. The normalized spacial score (nSPS) is 13.8. The molecule has 0 aromatic heterocycles. The van der Waals surface area contributed by atoms with Crippen molar-refractivity contribution in [2.45, 2.75) is 25.9 Å².